The van der Waals surface area contributed by atoms with E-state index < -0.39 is 5.97 Å². The first kappa shape index (κ1) is 16.8. The fourth-order valence-corrected chi connectivity index (χ4v) is 2.15. The summed E-state index contributed by atoms with van der Waals surface area (Å²) in [6, 6.07) is 11.6. The molecule has 0 aliphatic carbocycles. The van der Waals surface area contributed by atoms with E-state index in [1.165, 1.54) is 7.11 Å². The van der Waals surface area contributed by atoms with Crippen LogP contribution in [-0.2, 0) is 9.53 Å². The second kappa shape index (κ2) is 7.65. The van der Waals surface area contributed by atoms with Gasteiger partial charge in [0.05, 0.1) is 12.7 Å². The zero-order valence-corrected chi connectivity index (χ0v) is 13.5. The van der Waals surface area contributed by atoms with Gasteiger partial charge in [0.1, 0.15) is 5.75 Å². The number of esters is 1. The van der Waals surface area contributed by atoms with Gasteiger partial charge in [-0.3, -0.25) is 4.79 Å². The van der Waals surface area contributed by atoms with Gasteiger partial charge in [0.2, 0.25) is 0 Å². The predicted molar refractivity (Wildman–Crippen MR) is 88.1 cm³/mol. The fraction of sp³-hybridized carbons (Fsp3) is 0.176. The number of methoxy groups -OCH3 is 1. The van der Waals surface area contributed by atoms with Crippen molar-refractivity contribution in [2.24, 2.45) is 0 Å². The maximum atomic E-state index is 11.9. The number of ether oxygens (including phenoxy) is 2. The molecule has 0 aromatic heterocycles. The molecule has 6 heteroatoms. The molecule has 2 rings (SSSR count). The third kappa shape index (κ3) is 4.72. The SMILES string of the molecule is COC(=O)c1ccc(NC(=O)COc2ccc(Cl)cc2C)cc1. The van der Waals surface area contributed by atoms with Gasteiger partial charge in [-0.25, -0.2) is 4.79 Å². The van der Waals surface area contributed by atoms with Crippen LogP contribution in [-0.4, -0.2) is 25.6 Å². The Morgan fingerprint density at radius 1 is 1.13 bits per heavy atom. The van der Waals surface area contributed by atoms with Crippen LogP contribution in [0.5, 0.6) is 5.75 Å². The normalized spacial score (nSPS) is 10.0. The molecule has 1 N–H and O–H groups in total. The van der Waals surface area contributed by atoms with E-state index in [-0.39, 0.29) is 12.5 Å². The lowest BCUT2D eigenvalue weighted by Crippen LogP contribution is -2.20. The topological polar surface area (TPSA) is 64.6 Å². The maximum Gasteiger partial charge on any atom is 0.337 e. The summed E-state index contributed by atoms with van der Waals surface area (Å²) in [5, 5.41) is 3.30. The number of benzene rings is 2. The molecule has 0 fully saturated rings. The Kier molecular flexibility index (Phi) is 5.60. The smallest absolute Gasteiger partial charge is 0.337 e. The number of hydrogen-bond donors (Lipinski definition) is 1. The molecule has 0 atom stereocenters. The zero-order valence-electron chi connectivity index (χ0n) is 12.8. The molecule has 0 aliphatic heterocycles. The van der Waals surface area contributed by atoms with E-state index in [0.29, 0.717) is 22.0 Å². The molecule has 2 aromatic rings. The summed E-state index contributed by atoms with van der Waals surface area (Å²) in [6.07, 6.45) is 0. The van der Waals surface area contributed by atoms with Gasteiger partial charge < -0.3 is 14.8 Å². The Bertz CT molecular complexity index is 713. The van der Waals surface area contributed by atoms with Gasteiger partial charge in [0, 0.05) is 10.7 Å². The van der Waals surface area contributed by atoms with Crippen LogP contribution in [0.15, 0.2) is 42.5 Å². The van der Waals surface area contributed by atoms with Crippen LogP contribution in [0, 0.1) is 6.92 Å². The molecule has 0 aliphatic rings. The number of rotatable bonds is 5. The molecule has 1 amide bonds. The molecule has 0 saturated carbocycles. The first-order valence-corrected chi connectivity index (χ1v) is 7.24. The highest BCUT2D eigenvalue weighted by Gasteiger charge is 2.08. The van der Waals surface area contributed by atoms with Gasteiger partial charge in [-0.15, -0.1) is 0 Å². The van der Waals surface area contributed by atoms with Crippen LogP contribution in [0.1, 0.15) is 15.9 Å². The van der Waals surface area contributed by atoms with Crippen LogP contribution in [0.2, 0.25) is 5.02 Å². The molecule has 5 nitrogen and oxygen atoms in total. The van der Waals surface area contributed by atoms with Crippen molar-refractivity contribution in [1.82, 2.24) is 0 Å². The van der Waals surface area contributed by atoms with Crippen molar-refractivity contribution < 1.29 is 19.1 Å². The molecular weight excluding hydrogens is 318 g/mol. The van der Waals surface area contributed by atoms with E-state index in [9.17, 15) is 9.59 Å². The summed E-state index contributed by atoms with van der Waals surface area (Å²) in [7, 11) is 1.31. The second-order valence-corrected chi connectivity index (χ2v) is 5.25. The second-order valence-electron chi connectivity index (χ2n) is 4.82. The van der Waals surface area contributed by atoms with E-state index in [0.717, 1.165) is 5.56 Å². The molecule has 0 radical (unpaired) electrons. The van der Waals surface area contributed by atoms with E-state index >= 15 is 0 Å². The highest BCUT2D eigenvalue weighted by Crippen LogP contribution is 2.21. The third-order valence-electron chi connectivity index (χ3n) is 3.09. The largest absolute Gasteiger partial charge is 0.483 e. The van der Waals surface area contributed by atoms with Crippen LogP contribution in [0.4, 0.5) is 5.69 Å². The van der Waals surface area contributed by atoms with Gasteiger partial charge in [-0.2, -0.15) is 0 Å². The molecule has 0 bridgehead atoms. The Morgan fingerprint density at radius 3 is 2.43 bits per heavy atom. The average molecular weight is 334 g/mol. The number of hydrogen-bond acceptors (Lipinski definition) is 4. The monoisotopic (exact) mass is 333 g/mol. The number of carbonyl (C=O) groups is 2. The minimum atomic E-state index is -0.426. The Morgan fingerprint density at radius 2 is 1.83 bits per heavy atom. The Hall–Kier alpha value is -2.53. The van der Waals surface area contributed by atoms with Gasteiger partial charge in [-0.1, -0.05) is 11.6 Å². The summed E-state index contributed by atoms with van der Waals surface area (Å²) in [5.41, 5.74) is 1.84. The predicted octanol–water partition coefficient (Wildman–Crippen LogP) is 3.45. The van der Waals surface area contributed by atoms with E-state index in [1.807, 2.05) is 6.92 Å². The van der Waals surface area contributed by atoms with Crippen molar-refractivity contribution in [2.75, 3.05) is 19.0 Å². The number of aryl methyl sites for hydroxylation is 1. The van der Waals surface area contributed by atoms with Gasteiger partial charge in [0.25, 0.3) is 5.91 Å². The van der Waals surface area contributed by atoms with Crippen molar-refractivity contribution >= 4 is 29.2 Å². The van der Waals surface area contributed by atoms with E-state index in [1.54, 1.807) is 42.5 Å². The van der Waals surface area contributed by atoms with Crippen molar-refractivity contribution in [3.8, 4) is 5.75 Å². The highest BCUT2D eigenvalue weighted by atomic mass is 35.5. The average Bonchev–Trinajstić information content (AvgIpc) is 2.54. The zero-order chi connectivity index (χ0) is 16.8. The van der Waals surface area contributed by atoms with Crippen LogP contribution in [0.3, 0.4) is 0 Å². The van der Waals surface area contributed by atoms with Gasteiger partial charge >= 0.3 is 5.97 Å². The summed E-state index contributed by atoms with van der Waals surface area (Å²) >= 11 is 5.86. The van der Waals surface area contributed by atoms with Gasteiger partial charge in [0.15, 0.2) is 6.61 Å². The number of halogens is 1. The molecule has 23 heavy (non-hydrogen) atoms. The van der Waals surface area contributed by atoms with Crippen molar-refractivity contribution in [3.05, 3.63) is 58.6 Å². The van der Waals surface area contributed by atoms with Crippen molar-refractivity contribution in [1.29, 1.82) is 0 Å². The molecular formula is C17H16ClNO4. The van der Waals surface area contributed by atoms with E-state index in [2.05, 4.69) is 10.1 Å². The fourth-order valence-electron chi connectivity index (χ4n) is 1.92. The summed E-state index contributed by atoms with van der Waals surface area (Å²) < 4.78 is 10.1. The third-order valence-corrected chi connectivity index (χ3v) is 3.32. The minimum absolute atomic E-state index is 0.124. The Labute approximate surface area is 139 Å². The first-order valence-electron chi connectivity index (χ1n) is 6.87. The van der Waals surface area contributed by atoms with Crippen LogP contribution < -0.4 is 10.1 Å². The first-order chi connectivity index (χ1) is 11.0. The van der Waals surface area contributed by atoms with Crippen molar-refractivity contribution in [3.63, 3.8) is 0 Å². The number of nitrogens with one attached hydrogen (secondary N) is 1. The highest BCUT2D eigenvalue weighted by molar-refractivity contribution is 6.30. The van der Waals surface area contributed by atoms with Gasteiger partial charge in [-0.05, 0) is 55.0 Å². The molecule has 0 heterocycles. The van der Waals surface area contributed by atoms with Crippen LogP contribution in [0.25, 0.3) is 0 Å². The number of carbonyl (C=O) groups excluding carboxylic acids is 2. The van der Waals surface area contributed by atoms with Crippen molar-refractivity contribution in [2.45, 2.75) is 6.92 Å². The molecule has 0 unspecified atom stereocenters. The quantitative estimate of drug-likeness (QED) is 0.851. The summed E-state index contributed by atoms with van der Waals surface area (Å²) in [6.45, 7) is 1.73. The van der Waals surface area contributed by atoms with Crippen LogP contribution >= 0.6 is 11.6 Å². The molecule has 2 aromatic carbocycles. The molecule has 0 spiro atoms. The van der Waals surface area contributed by atoms with E-state index in [4.69, 9.17) is 16.3 Å². The molecule has 120 valence electrons. The lowest BCUT2D eigenvalue weighted by atomic mass is 10.2. The summed E-state index contributed by atoms with van der Waals surface area (Å²) in [4.78, 5) is 23.2. The number of amides is 1. The lowest BCUT2D eigenvalue weighted by molar-refractivity contribution is -0.118. The Balaban J connectivity index is 1.90. The standard InChI is InChI=1S/C17H16ClNO4/c1-11-9-13(18)5-8-15(11)23-10-16(20)19-14-6-3-12(4-7-14)17(21)22-2/h3-9H,10H2,1-2H3,(H,19,20). The molecule has 0 saturated heterocycles. The number of anilines is 1. The lowest BCUT2D eigenvalue weighted by Gasteiger charge is -2.10. The summed E-state index contributed by atoms with van der Waals surface area (Å²) in [5.74, 6) is -0.125. The minimum Gasteiger partial charge on any atom is -0.483 e. The maximum absolute atomic E-state index is 11.9.